The quantitative estimate of drug-likeness (QED) is 0.759. The third kappa shape index (κ3) is 1.72. The summed E-state index contributed by atoms with van der Waals surface area (Å²) in [6, 6.07) is 5.57. The monoisotopic (exact) mass is 259 g/mol. The van der Waals surface area contributed by atoms with Crippen LogP contribution < -0.4 is 11.5 Å². The molecule has 0 atom stereocenters. The summed E-state index contributed by atoms with van der Waals surface area (Å²) in [5.41, 5.74) is 8.41. The molecule has 0 spiro atoms. The Morgan fingerprint density at radius 1 is 1.37 bits per heavy atom. The summed E-state index contributed by atoms with van der Waals surface area (Å²) >= 11 is 0. The molecule has 0 aliphatic heterocycles. The highest BCUT2D eigenvalue weighted by atomic mass is 16.4. The molecule has 3 rings (SSSR count). The lowest BCUT2D eigenvalue weighted by molar-refractivity contribution is 0.528. The van der Waals surface area contributed by atoms with Crippen molar-refractivity contribution < 1.29 is 8.83 Å². The van der Waals surface area contributed by atoms with E-state index < -0.39 is 0 Å². The first-order valence-electron chi connectivity index (χ1n) is 5.95. The third-order valence-corrected chi connectivity index (χ3v) is 3.10. The van der Waals surface area contributed by atoms with E-state index in [4.69, 9.17) is 14.6 Å². The average molecular weight is 259 g/mol. The molecule has 0 bridgehead atoms. The number of rotatable bonds is 2. The molecule has 3 aromatic rings. The Balaban J connectivity index is 2.23. The number of aryl methyl sites for hydroxylation is 2. The minimum atomic E-state index is -0.389. The van der Waals surface area contributed by atoms with Crippen LogP contribution in [0.25, 0.3) is 22.4 Å². The maximum Gasteiger partial charge on any atom is 0.419 e. The molecule has 6 heteroatoms. The third-order valence-electron chi connectivity index (χ3n) is 3.10. The van der Waals surface area contributed by atoms with E-state index in [1.54, 1.807) is 13.1 Å². The van der Waals surface area contributed by atoms with Crippen molar-refractivity contribution in [3.05, 3.63) is 34.4 Å². The minimum Gasteiger partial charge on any atom is -0.423 e. The van der Waals surface area contributed by atoms with Gasteiger partial charge < -0.3 is 14.6 Å². The Morgan fingerprint density at radius 3 is 2.89 bits per heavy atom. The number of nitrogens with two attached hydrogens (primary N) is 1. The number of benzene rings is 1. The highest BCUT2D eigenvalue weighted by Gasteiger charge is 2.14. The Labute approximate surface area is 108 Å². The lowest BCUT2D eigenvalue weighted by Crippen LogP contribution is -2.08. The zero-order chi connectivity index (χ0) is 13.6. The number of fused-ring (bicyclic) bond motifs is 1. The molecule has 2 heterocycles. The maximum absolute atomic E-state index is 11.5. The van der Waals surface area contributed by atoms with Crippen molar-refractivity contribution in [2.24, 2.45) is 7.05 Å². The summed E-state index contributed by atoms with van der Waals surface area (Å²) in [7, 11) is 1.66. The van der Waals surface area contributed by atoms with Crippen LogP contribution in [0.5, 0.6) is 0 Å². The topological polar surface area (TPSA) is 87.2 Å². The van der Waals surface area contributed by atoms with Crippen LogP contribution in [0.3, 0.4) is 0 Å². The van der Waals surface area contributed by atoms with E-state index in [9.17, 15) is 4.79 Å². The summed E-state index contributed by atoms with van der Waals surface area (Å²) in [5, 5.41) is 0. The molecule has 98 valence electrons. The number of nitrogens with zero attached hydrogens (tertiary/aromatic N) is 2. The number of hydrogen-bond donors (Lipinski definition) is 1. The van der Waals surface area contributed by atoms with E-state index in [0.29, 0.717) is 17.8 Å². The molecular formula is C13H13N3O3. The van der Waals surface area contributed by atoms with Crippen molar-refractivity contribution in [1.29, 1.82) is 0 Å². The second-order valence-electron chi connectivity index (χ2n) is 4.29. The molecule has 0 saturated carbocycles. The maximum atomic E-state index is 11.5. The first kappa shape index (κ1) is 11.6. The van der Waals surface area contributed by atoms with E-state index >= 15 is 0 Å². The van der Waals surface area contributed by atoms with Gasteiger partial charge in [-0.3, -0.25) is 4.57 Å². The number of anilines is 1. The standard InChI is InChI=1S/C13H13N3O3/c1-3-8-11(19-12(14)15-8)7-4-5-9-10(6-7)18-13(17)16(9)2/h4-6H,3H2,1-2H3,(H2,14,15). The fourth-order valence-electron chi connectivity index (χ4n) is 2.11. The highest BCUT2D eigenvalue weighted by Crippen LogP contribution is 2.28. The first-order chi connectivity index (χ1) is 9.10. The van der Waals surface area contributed by atoms with Gasteiger partial charge in [0.2, 0.25) is 0 Å². The predicted molar refractivity (Wildman–Crippen MR) is 70.7 cm³/mol. The summed E-state index contributed by atoms with van der Waals surface area (Å²) < 4.78 is 12.0. The van der Waals surface area contributed by atoms with Gasteiger partial charge in [0.15, 0.2) is 11.3 Å². The van der Waals surface area contributed by atoms with Gasteiger partial charge in [-0.15, -0.1) is 0 Å². The second kappa shape index (κ2) is 4.01. The molecular weight excluding hydrogens is 246 g/mol. The van der Waals surface area contributed by atoms with E-state index in [2.05, 4.69) is 4.98 Å². The first-order valence-corrected chi connectivity index (χ1v) is 5.95. The molecule has 0 saturated heterocycles. The van der Waals surface area contributed by atoms with Gasteiger partial charge in [0, 0.05) is 12.6 Å². The molecule has 6 nitrogen and oxygen atoms in total. The molecule has 0 amide bonds. The molecule has 0 radical (unpaired) electrons. The van der Waals surface area contributed by atoms with Gasteiger partial charge in [0.25, 0.3) is 6.01 Å². The molecule has 0 aliphatic carbocycles. The molecule has 2 aromatic heterocycles. The molecule has 2 N–H and O–H groups in total. The van der Waals surface area contributed by atoms with Crippen LogP contribution in [-0.2, 0) is 13.5 Å². The van der Waals surface area contributed by atoms with Gasteiger partial charge >= 0.3 is 5.76 Å². The van der Waals surface area contributed by atoms with Crippen LogP contribution in [-0.4, -0.2) is 9.55 Å². The van der Waals surface area contributed by atoms with Crippen LogP contribution >= 0.6 is 0 Å². The Morgan fingerprint density at radius 2 is 2.16 bits per heavy atom. The number of nitrogen functional groups attached to an aromatic ring is 1. The van der Waals surface area contributed by atoms with Gasteiger partial charge in [0.05, 0.1) is 11.2 Å². The number of aromatic nitrogens is 2. The van der Waals surface area contributed by atoms with Gasteiger partial charge in [-0.25, -0.2) is 4.79 Å². The fourth-order valence-corrected chi connectivity index (χ4v) is 2.11. The molecule has 1 aromatic carbocycles. The van der Waals surface area contributed by atoms with E-state index in [0.717, 1.165) is 16.8 Å². The lowest BCUT2D eigenvalue weighted by atomic mass is 10.1. The summed E-state index contributed by atoms with van der Waals surface area (Å²) in [6.45, 7) is 1.97. The number of oxazole rings is 2. The lowest BCUT2D eigenvalue weighted by Gasteiger charge is -1.99. The average Bonchev–Trinajstić information content (AvgIpc) is 2.91. The van der Waals surface area contributed by atoms with E-state index in [-0.39, 0.29) is 11.8 Å². The van der Waals surface area contributed by atoms with Crippen molar-refractivity contribution >= 4 is 17.1 Å². The second-order valence-corrected chi connectivity index (χ2v) is 4.29. The van der Waals surface area contributed by atoms with Gasteiger partial charge in [-0.1, -0.05) is 6.92 Å². The number of hydrogen-bond acceptors (Lipinski definition) is 5. The predicted octanol–water partition coefficient (Wildman–Crippen LogP) is 1.93. The van der Waals surface area contributed by atoms with Gasteiger partial charge in [-0.2, -0.15) is 4.98 Å². The van der Waals surface area contributed by atoms with Gasteiger partial charge in [-0.05, 0) is 24.6 Å². The van der Waals surface area contributed by atoms with Crippen LogP contribution in [0.2, 0.25) is 0 Å². The Bertz CT molecular complexity index is 810. The van der Waals surface area contributed by atoms with Crippen molar-refractivity contribution in [3.8, 4) is 11.3 Å². The molecule has 0 aliphatic rings. The van der Waals surface area contributed by atoms with Crippen LogP contribution in [0, 0.1) is 0 Å². The fraction of sp³-hybridized carbons (Fsp3) is 0.231. The summed E-state index contributed by atoms with van der Waals surface area (Å²) in [4.78, 5) is 15.6. The van der Waals surface area contributed by atoms with Gasteiger partial charge in [0.1, 0.15) is 0 Å². The zero-order valence-electron chi connectivity index (χ0n) is 10.6. The Kier molecular flexibility index (Phi) is 2.45. The zero-order valence-corrected chi connectivity index (χ0v) is 10.6. The Hall–Kier alpha value is -2.50. The summed E-state index contributed by atoms with van der Waals surface area (Å²) in [6.07, 6.45) is 0.715. The van der Waals surface area contributed by atoms with E-state index in [1.165, 1.54) is 4.57 Å². The van der Waals surface area contributed by atoms with Crippen LogP contribution in [0.4, 0.5) is 6.01 Å². The van der Waals surface area contributed by atoms with Crippen molar-refractivity contribution in [2.75, 3.05) is 5.73 Å². The minimum absolute atomic E-state index is 0.140. The molecule has 19 heavy (non-hydrogen) atoms. The summed E-state index contributed by atoms with van der Waals surface area (Å²) in [5.74, 6) is 0.230. The van der Waals surface area contributed by atoms with E-state index in [1.807, 2.05) is 19.1 Å². The molecule has 0 fully saturated rings. The van der Waals surface area contributed by atoms with Crippen molar-refractivity contribution in [1.82, 2.24) is 9.55 Å². The van der Waals surface area contributed by atoms with Crippen molar-refractivity contribution in [2.45, 2.75) is 13.3 Å². The smallest absolute Gasteiger partial charge is 0.419 e. The SMILES string of the molecule is CCc1nc(N)oc1-c1ccc2c(c1)oc(=O)n2C. The van der Waals surface area contributed by atoms with Crippen LogP contribution in [0.1, 0.15) is 12.6 Å². The normalized spacial score (nSPS) is 11.3. The van der Waals surface area contributed by atoms with Crippen LogP contribution in [0.15, 0.2) is 31.8 Å². The van der Waals surface area contributed by atoms with Crippen molar-refractivity contribution in [3.63, 3.8) is 0 Å². The highest BCUT2D eigenvalue weighted by molar-refractivity contribution is 5.79. The largest absolute Gasteiger partial charge is 0.423 e. The molecule has 0 unspecified atom stereocenters.